The smallest absolute Gasteiger partial charge is 0.222 e. The first-order chi connectivity index (χ1) is 8.74. The number of nitrogens with one attached hydrogen (secondary N) is 1. The van der Waals surface area contributed by atoms with Crippen molar-refractivity contribution >= 4 is 17.5 Å². The Labute approximate surface area is 110 Å². The van der Waals surface area contributed by atoms with Gasteiger partial charge in [0.15, 0.2) is 0 Å². The second kappa shape index (κ2) is 6.16. The number of nitrogens with zero attached hydrogens (tertiary/aromatic N) is 3. The van der Waals surface area contributed by atoms with Crippen molar-refractivity contribution in [3.63, 3.8) is 0 Å². The molecule has 5 nitrogen and oxygen atoms in total. The Balaban J connectivity index is 1.73. The molecular weight excluding hydrogens is 252 g/mol. The molecule has 6 heteroatoms. The number of halogens is 1. The lowest BCUT2D eigenvalue weighted by Gasteiger charge is -2.05. The summed E-state index contributed by atoms with van der Waals surface area (Å²) >= 11 is 5.73. The molecule has 0 aliphatic heterocycles. The van der Waals surface area contributed by atoms with E-state index in [1.165, 1.54) is 0 Å². The van der Waals surface area contributed by atoms with Gasteiger partial charge >= 0.3 is 0 Å². The molecule has 0 saturated heterocycles. The minimum atomic E-state index is -0.0227. The Hall–Kier alpha value is -1.88. The summed E-state index contributed by atoms with van der Waals surface area (Å²) in [6.07, 6.45) is 7.05. The molecule has 0 saturated carbocycles. The molecule has 0 aromatic carbocycles. The van der Waals surface area contributed by atoms with Gasteiger partial charge < -0.3 is 5.32 Å². The molecule has 2 rings (SSSR count). The van der Waals surface area contributed by atoms with Gasteiger partial charge in [0.05, 0.1) is 11.2 Å². The second-order valence-electron chi connectivity index (χ2n) is 3.81. The number of aromatic nitrogens is 3. The number of hydrogen-bond acceptors (Lipinski definition) is 3. The predicted octanol–water partition coefficient (Wildman–Crippen LogP) is 1.64. The first-order valence-electron chi connectivity index (χ1n) is 5.57. The van der Waals surface area contributed by atoms with Crippen LogP contribution in [0.5, 0.6) is 0 Å². The van der Waals surface area contributed by atoms with E-state index < -0.39 is 0 Å². The summed E-state index contributed by atoms with van der Waals surface area (Å²) in [5.41, 5.74) is 0.980. The molecule has 2 aromatic heterocycles. The zero-order valence-electron chi connectivity index (χ0n) is 9.71. The first-order valence-corrected chi connectivity index (χ1v) is 5.95. The fraction of sp³-hybridized carbons (Fsp3) is 0.250. The van der Waals surface area contributed by atoms with E-state index in [2.05, 4.69) is 15.4 Å². The number of carbonyl (C=O) groups is 1. The third kappa shape index (κ3) is 3.85. The fourth-order valence-corrected chi connectivity index (χ4v) is 1.62. The van der Waals surface area contributed by atoms with E-state index in [1.54, 1.807) is 29.5 Å². The van der Waals surface area contributed by atoms with Gasteiger partial charge in [-0.1, -0.05) is 17.7 Å². The summed E-state index contributed by atoms with van der Waals surface area (Å²) in [7, 11) is 0. The zero-order valence-corrected chi connectivity index (χ0v) is 10.5. The van der Waals surface area contributed by atoms with Crippen LogP contribution in [0.1, 0.15) is 12.0 Å². The summed E-state index contributed by atoms with van der Waals surface area (Å²) in [4.78, 5) is 15.6. The summed E-state index contributed by atoms with van der Waals surface area (Å²) in [5.74, 6) is -0.0227. The summed E-state index contributed by atoms with van der Waals surface area (Å²) < 4.78 is 1.64. The Kier molecular flexibility index (Phi) is 4.30. The molecule has 18 heavy (non-hydrogen) atoms. The Bertz CT molecular complexity index is 512. The quantitative estimate of drug-likeness (QED) is 0.893. The molecule has 1 N–H and O–H groups in total. The lowest BCUT2D eigenvalue weighted by atomic mass is 10.3. The number of rotatable bonds is 5. The lowest BCUT2D eigenvalue weighted by molar-refractivity contribution is -0.121. The number of hydrogen-bond donors (Lipinski definition) is 1. The molecule has 0 aliphatic carbocycles. The summed E-state index contributed by atoms with van der Waals surface area (Å²) in [5, 5.41) is 7.40. The molecule has 0 aliphatic rings. The Morgan fingerprint density at radius 3 is 3.00 bits per heavy atom. The highest BCUT2D eigenvalue weighted by Gasteiger charge is 2.03. The fourth-order valence-electron chi connectivity index (χ4n) is 1.47. The van der Waals surface area contributed by atoms with Crippen LogP contribution in [0.3, 0.4) is 0 Å². The van der Waals surface area contributed by atoms with E-state index in [-0.39, 0.29) is 5.91 Å². The second-order valence-corrected chi connectivity index (χ2v) is 4.25. The molecule has 0 spiro atoms. The van der Waals surface area contributed by atoms with Crippen LogP contribution in [0.2, 0.25) is 5.02 Å². The van der Waals surface area contributed by atoms with E-state index >= 15 is 0 Å². The van der Waals surface area contributed by atoms with E-state index in [9.17, 15) is 4.79 Å². The zero-order chi connectivity index (χ0) is 12.8. The van der Waals surface area contributed by atoms with Gasteiger partial charge in [-0.15, -0.1) is 0 Å². The average Bonchev–Trinajstić information content (AvgIpc) is 2.81. The minimum Gasteiger partial charge on any atom is -0.352 e. The van der Waals surface area contributed by atoms with Gasteiger partial charge in [-0.25, -0.2) is 0 Å². The normalized spacial score (nSPS) is 10.3. The van der Waals surface area contributed by atoms with Crippen LogP contribution in [0.4, 0.5) is 0 Å². The van der Waals surface area contributed by atoms with Gasteiger partial charge in [0.25, 0.3) is 0 Å². The monoisotopic (exact) mass is 264 g/mol. The standard InChI is InChI=1S/C12H13ClN4O/c13-11-8-16-17(9-11)5-3-12(18)15-7-10-2-1-4-14-6-10/h1-2,4,6,8-9H,3,5,7H2,(H,15,18). The van der Waals surface area contributed by atoms with Crippen LogP contribution in [0, 0.1) is 0 Å². The third-order valence-corrected chi connectivity index (χ3v) is 2.58. The highest BCUT2D eigenvalue weighted by Crippen LogP contribution is 2.05. The molecule has 2 aromatic rings. The van der Waals surface area contributed by atoms with Gasteiger partial charge in [-0.05, 0) is 11.6 Å². The van der Waals surface area contributed by atoms with Crippen LogP contribution >= 0.6 is 11.6 Å². The van der Waals surface area contributed by atoms with Crippen LogP contribution in [-0.2, 0) is 17.9 Å². The Morgan fingerprint density at radius 1 is 1.44 bits per heavy atom. The maximum Gasteiger partial charge on any atom is 0.222 e. The topological polar surface area (TPSA) is 59.8 Å². The highest BCUT2D eigenvalue weighted by molar-refractivity contribution is 6.30. The van der Waals surface area contributed by atoms with Crippen molar-refractivity contribution in [3.05, 3.63) is 47.5 Å². The molecule has 0 radical (unpaired) electrons. The third-order valence-electron chi connectivity index (χ3n) is 2.38. The maximum atomic E-state index is 11.6. The largest absolute Gasteiger partial charge is 0.352 e. The van der Waals surface area contributed by atoms with Crippen molar-refractivity contribution in [2.24, 2.45) is 0 Å². The average molecular weight is 265 g/mol. The van der Waals surface area contributed by atoms with Gasteiger partial charge in [0.2, 0.25) is 5.91 Å². The number of amides is 1. The molecule has 2 heterocycles. The molecule has 0 atom stereocenters. The lowest BCUT2D eigenvalue weighted by Crippen LogP contribution is -2.24. The van der Waals surface area contributed by atoms with Crippen molar-refractivity contribution in [1.82, 2.24) is 20.1 Å². The van der Waals surface area contributed by atoms with Crippen LogP contribution < -0.4 is 5.32 Å². The van der Waals surface area contributed by atoms with E-state index in [0.717, 1.165) is 5.56 Å². The maximum absolute atomic E-state index is 11.6. The number of pyridine rings is 1. The van der Waals surface area contributed by atoms with Crippen molar-refractivity contribution in [3.8, 4) is 0 Å². The summed E-state index contributed by atoms with van der Waals surface area (Å²) in [6.45, 7) is 1.01. The first kappa shape index (κ1) is 12.6. The van der Waals surface area contributed by atoms with Crippen molar-refractivity contribution in [2.45, 2.75) is 19.5 Å². The van der Waals surface area contributed by atoms with Crippen LogP contribution in [-0.4, -0.2) is 20.7 Å². The van der Waals surface area contributed by atoms with E-state index in [4.69, 9.17) is 11.6 Å². The van der Waals surface area contributed by atoms with E-state index in [1.807, 2.05) is 12.1 Å². The molecule has 94 valence electrons. The SMILES string of the molecule is O=C(CCn1cc(Cl)cn1)NCc1cccnc1. The molecule has 0 bridgehead atoms. The summed E-state index contributed by atoms with van der Waals surface area (Å²) in [6, 6.07) is 3.76. The van der Waals surface area contributed by atoms with Crippen LogP contribution in [0.25, 0.3) is 0 Å². The van der Waals surface area contributed by atoms with Gasteiger partial charge in [-0.3, -0.25) is 14.5 Å². The molecule has 1 amide bonds. The number of carbonyl (C=O) groups excluding carboxylic acids is 1. The van der Waals surface area contributed by atoms with Crippen LogP contribution in [0.15, 0.2) is 36.9 Å². The van der Waals surface area contributed by atoms with Crippen molar-refractivity contribution in [2.75, 3.05) is 0 Å². The highest BCUT2D eigenvalue weighted by atomic mass is 35.5. The van der Waals surface area contributed by atoms with Gasteiger partial charge in [0, 0.05) is 38.1 Å². The molecule has 0 fully saturated rings. The number of aryl methyl sites for hydroxylation is 1. The van der Waals surface area contributed by atoms with E-state index in [0.29, 0.717) is 24.5 Å². The molecule has 0 unspecified atom stereocenters. The van der Waals surface area contributed by atoms with Crippen molar-refractivity contribution < 1.29 is 4.79 Å². The minimum absolute atomic E-state index is 0.0227. The van der Waals surface area contributed by atoms with Crippen molar-refractivity contribution in [1.29, 1.82) is 0 Å². The van der Waals surface area contributed by atoms with Gasteiger partial charge in [-0.2, -0.15) is 5.10 Å². The Morgan fingerprint density at radius 2 is 2.33 bits per heavy atom. The predicted molar refractivity (Wildman–Crippen MR) is 67.9 cm³/mol. The molecular formula is C12H13ClN4O. The van der Waals surface area contributed by atoms with Gasteiger partial charge in [0.1, 0.15) is 0 Å².